The molecule has 20 heavy (non-hydrogen) atoms. The van der Waals surface area contributed by atoms with Crippen LogP contribution < -0.4 is 11.1 Å². The lowest BCUT2D eigenvalue weighted by atomic mass is 10.1. The van der Waals surface area contributed by atoms with Gasteiger partial charge in [0.1, 0.15) is 6.61 Å². The van der Waals surface area contributed by atoms with Gasteiger partial charge in [0, 0.05) is 17.8 Å². The van der Waals surface area contributed by atoms with Crippen LogP contribution in [-0.2, 0) is 20.7 Å². The van der Waals surface area contributed by atoms with E-state index in [9.17, 15) is 9.59 Å². The van der Waals surface area contributed by atoms with Gasteiger partial charge in [0.2, 0.25) is 5.91 Å². The molecular formula is C15H20N2O3. The normalized spacial score (nSPS) is 9.85. The molecule has 0 aliphatic carbocycles. The van der Waals surface area contributed by atoms with Gasteiger partial charge in [-0.1, -0.05) is 18.7 Å². The molecule has 108 valence electrons. The molecule has 0 bridgehead atoms. The van der Waals surface area contributed by atoms with Gasteiger partial charge < -0.3 is 15.8 Å². The second-order valence-electron chi connectivity index (χ2n) is 4.51. The van der Waals surface area contributed by atoms with Crippen molar-refractivity contribution in [1.29, 1.82) is 0 Å². The highest BCUT2D eigenvalue weighted by Gasteiger charge is 2.05. The molecule has 0 atom stereocenters. The maximum atomic E-state index is 11.5. The second kappa shape index (κ2) is 7.99. The van der Waals surface area contributed by atoms with Crippen LogP contribution in [0.25, 0.3) is 0 Å². The SMILES string of the molecule is C=C(C)C(=O)OCCC(=O)NCCc1cccc(N)c1. The minimum atomic E-state index is -0.474. The molecule has 0 saturated heterocycles. The van der Waals surface area contributed by atoms with E-state index < -0.39 is 5.97 Å². The Hall–Kier alpha value is -2.30. The molecule has 1 aromatic carbocycles. The van der Waals surface area contributed by atoms with Crippen LogP contribution in [0, 0.1) is 0 Å². The lowest BCUT2D eigenvalue weighted by Gasteiger charge is -2.07. The van der Waals surface area contributed by atoms with Crippen molar-refractivity contribution in [2.45, 2.75) is 19.8 Å². The molecule has 0 radical (unpaired) electrons. The number of esters is 1. The fraction of sp³-hybridized carbons (Fsp3) is 0.333. The van der Waals surface area contributed by atoms with Gasteiger partial charge in [0.25, 0.3) is 0 Å². The summed E-state index contributed by atoms with van der Waals surface area (Å²) in [5.41, 5.74) is 7.77. The molecule has 0 aliphatic rings. The van der Waals surface area contributed by atoms with Gasteiger partial charge in [-0.25, -0.2) is 4.79 Å². The van der Waals surface area contributed by atoms with Gasteiger partial charge in [-0.15, -0.1) is 0 Å². The molecule has 1 aromatic rings. The summed E-state index contributed by atoms with van der Waals surface area (Å²) in [4.78, 5) is 22.6. The summed E-state index contributed by atoms with van der Waals surface area (Å²) in [7, 11) is 0. The summed E-state index contributed by atoms with van der Waals surface area (Å²) in [6, 6.07) is 7.53. The van der Waals surface area contributed by atoms with Crippen LogP contribution in [0.2, 0.25) is 0 Å². The second-order valence-corrected chi connectivity index (χ2v) is 4.51. The fourth-order valence-corrected chi connectivity index (χ4v) is 1.54. The van der Waals surface area contributed by atoms with Crippen LogP contribution in [0.1, 0.15) is 18.9 Å². The average molecular weight is 276 g/mol. The van der Waals surface area contributed by atoms with E-state index in [-0.39, 0.29) is 18.9 Å². The van der Waals surface area contributed by atoms with E-state index in [0.717, 1.165) is 5.56 Å². The van der Waals surface area contributed by atoms with Crippen molar-refractivity contribution < 1.29 is 14.3 Å². The first-order valence-corrected chi connectivity index (χ1v) is 6.43. The highest BCUT2D eigenvalue weighted by Crippen LogP contribution is 2.06. The Bertz CT molecular complexity index is 498. The molecule has 1 rings (SSSR count). The van der Waals surface area contributed by atoms with Crippen LogP contribution in [-0.4, -0.2) is 25.0 Å². The summed E-state index contributed by atoms with van der Waals surface area (Å²) in [6.07, 6.45) is 0.859. The van der Waals surface area contributed by atoms with E-state index in [1.807, 2.05) is 24.3 Å². The summed E-state index contributed by atoms with van der Waals surface area (Å²) >= 11 is 0. The minimum Gasteiger partial charge on any atom is -0.462 e. The third-order valence-corrected chi connectivity index (χ3v) is 2.60. The predicted molar refractivity (Wildman–Crippen MR) is 78.0 cm³/mol. The zero-order valence-corrected chi connectivity index (χ0v) is 11.6. The molecule has 0 spiro atoms. The van der Waals surface area contributed by atoms with Crippen molar-refractivity contribution >= 4 is 17.6 Å². The number of nitrogen functional groups attached to an aromatic ring is 1. The van der Waals surface area contributed by atoms with Gasteiger partial charge >= 0.3 is 5.97 Å². The lowest BCUT2D eigenvalue weighted by molar-refractivity contribution is -0.139. The summed E-state index contributed by atoms with van der Waals surface area (Å²) in [6.45, 7) is 5.61. The predicted octanol–water partition coefficient (Wildman–Crippen LogP) is 1.44. The molecule has 0 unspecified atom stereocenters. The number of hydrogen-bond donors (Lipinski definition) is 2. The van der Waals surface area contributed by atoms with Crippen molar-refractivity contribution in [2.24, 2.45) is 0 Å². The van der Waals surface area contributed by atoms with Gasteiger partial charge in [0.15, 0.2) is 0 Å². The molecule has 3 N–H and O–H groups in total. The number of ether oxygens (including phenoxy) is 1. The van der Waals surface area contributed by atoms with Crippen LogP contribution >= 0.6 is 0 Å². The number of hydrogen-bond acceptors (Lipinski definition) is 4. The zero-order chi connectivity index (χ0) is 15.0. The highest BCUT2D eigenvalue weighted by atomic mass is 16.5. The number of nitrogens with two attached hydrogens (primary N) is 1. The van der Waals surface area contributed by atoms with E-state index in [1.54, 1.807) is 6.92 Å². The smallest absolute Gasteiger partial charge is 0.333 e. The van der Waals surface area contributed by atoms with E-state index >= 15 is 0 Å². The first-order valence-electron chi connectivity index (χ1n) is 6.43. The Balaban J connectivity index is 2.17. The van der Waals surface area contributed by atoms with Gasteiger partial charge in [-0.3, -0.25) is 4.79 Å². The highest BCUT2D eigenvalue weighted by molar-refractivity contribution is 5.87. The molecule has 0 fully saturated rings. The third-order valence-electron chi connectivity index (χ3n) is 2.60. The Kier molecular flexibility index (Phi) is 6.29. The average Bonchev–Trinajstić information content (AvgIpc) is 2.38. The number of nitrogens with one attached hydrogen (secondary N) is 1. The topological polar surface area (TPSA) is 81.4 Å². The van der Waals surface area contributed by atoms with E-state index in [4.69, 9.17) is 10.5 Å². The number of rotatable bonds is 7. The summed E-state index contributed by atoms with van der Waals surface area (Å²) in [5, 5.41) is 2.76. The maximum Gasteiger partial charge on any atom is 0.333 e. The summed E-state index contributed by atoms with van der Waals surface area (Å²) in [5.74, 6) is -0.624. The Morgan fingerprint density at radius 2 is 2.15 bits per heavy atom. The lowest BCUT2D eigenvalue weighted by Crippen LogP contribution is -2.27. The van der Waals surface area contributed by atoms with Crippen LogP contribution in [0.3, 0.4) is 0 Å². The molecule has 0 heterocycles. The van der Waals surface area contributed by atoms with E-state index in [2.05, 4.69) is 11.9 Å². The molecule has 0 aromatic heterocycles. The van der Waals surface area contributed by atoms with Crippen LogP contribution in [0.4, 0.5) is 5.69 Å². The number of anilines is 1. The number of amides is 1. The molecule has 1 amide bonds. The summed E-state index contributed by atoms with van der Waals surface area (Å²) < 4.78 is 4.84. The largest absolute Gasteiger partial charge is 0.462 e. The van der Waals surface area contributed by atoms with Gasteiger partial charge in [-0.05, 0) is 31.0 Å². The quantitative estimate of drug-likeness (QED) is 0.448. The molecular weight excluding hydrogens is 256 g/mol. The molecule has 5 nitrogen and oxygen atoms in total. The first-order chi connectivity index (χ1) is 9.49. The zero-order valence-electron chi connectivity index (χ0n) is 11.6. The van der Waals surface area contributed by atoms with E-state index in [1.165, 1.54) is 0 Å². The van der Waals surface area contributed by atoms with Crippen LogP contribution in [0.15, 0.2) is 36.4 Å². The van der Waals surface area contributed by atoms with Crippen molar-refractivity contribution in [3.8, 4) is 0 Å². The molecule has 5 heteroatoms. The Morgan fingerprint density at radius 3 is 2.80 bits per heavy atom. The van der Waals surface area contributed by atoms with Crippen molar-refractivity contribution in [3.05, 3.63) is 42.0 Å². The van der Waals surface area contributed by atoms with Crippen molar-refractivity contribution in [3.63, 3.8) is 0 Å². The third kappa shape index (κ3) is 6.04. The number of benzene rings is 1. The Morgan fingerprint density at radius 1 is 1.40 bits per heavy atom. The first kappa shape index (κ1) is 15.8. The van der Waals surface area contributed by atoms with Gasteiger partial charge in [-0.2, -0.15) is 0 Å². The molecule has 0 saturated carbocycles. The molecule has 0 aliphatic heterocycles. The van der Waals surface area contributed by atoms with Gasteiger partial charge in [0.05, 0.1) is 6.42 Å². The Labute approximate surface area is 118 Å². The monoisotopic (exact) mass is 276 g/mol. The minimum absolute atomic E-state index is 0.0653. The number of carbonyl (C=O) groups excluding carboxylic acids is 2. The van der Waals surface area contributed by atoms with Crippen molar-refractivity contribution in [1.82, 2.24) is 5.32 Å². The van der Waals surface area contributed by atoms with Crippen LogP contribution in [0.5, 0.6) is 0 Å². The van der Waals surface area contributed by atoms with Crippen molar-refractivity contribution in [2.75, 3.05) is 18.9 Å². The van der Waals surface area contributed by atoms with E-state index in [0.29, 0.717) is 24.2 Å². The standard InChI is InChI=1S/C15H20N2O3/c1-11(2)15(19)20-9-7-14(18)17-8-6-12-4-3-5-13(16)10-12/h3-5,10H,1,6-9,16H2,2H3,(H,17,18). The maximum absolute atomic E-state index is 11.5. The number of carbonyl (C=O) groups is 2. The fourth-order valence-electron chi connectivity index (χ4n) is 1.54.